The number of carbonyl (C=O) groups excluding carboxylic acids is 3. The van der Waals surface area contributed by atoms with Crippen LogP contribution in [0.25, 0.3) is 0 Å². The molecule has 0 spiro atoms. The predicted molar refractivity (Wildman–Crippen MR) is 139 cm³/mol. The molecule has 12 heteroatoms. The van der Waals surface area contributed by atoms with E-state index >= 15 is 0 Å². The highest BCUT2D eigenvalue weighted by atomic mass is 35.5. The second-order valence-electron chi connectivity index (χ2n) is 9.43. The van der Waals surface area contributed by atoms with Gasteiger partial charge in [0.2, 0.25) is 5.91 Å². The van der Waals surface area contributed by atoms with Gasteiger partial charge in [-0.15, -0.1) is 0 Å². The minimum absolute atomic E-state index is 0.0765. The van der Waals surface area contributed by atoms with Gasteiger partial charge >= 0.3 is 6.18 Å². The topological polar surface area (TPSA) is 87.7 Å². The van der Waals surface area contributed by atoms with Crippen molar-refractivity contribution in [3.8, 4) is 5.75 Å². The summed E-state index contributed by atoms with van der Waals surface area (Å²) in [6.07, 6.45) is -4.70. The van der Waals surface area contributed by atoms with Crippen LogP contribution in [0.4, 0.5) is 23.2 Å². The Morgan fingerprint density at radius 3 is 2.50 bits per heavy atom. The number of fused-ring (bicyclic) bond motifs is 1. The molecule has 2 N–H and O–H groups in total. The molecule has 7 nitrogen and oxygen atoms in total. The van der Waals surface area contributed by atoms with Crippen molar-refractivity contribution in [1.82, 2.24) is 10.2 Å². The van der Waals surface area contributed by atoms with Gasteiger partial charge in [0, 0.05) is 23.7 Å². The first-order chi connectivity index (χ1) is 18.8. The first-order valence-corrected chi connectivity index (χ1v) is 12.5. The molecule has 1 aliphatic rings. The first-order valence-electron chi connectivity index (χ1n) is 12.1. The van der Waals surface area contributed by atoms with E-state index in [1.165, 1.54) is 24.3 Å². The Balaban J connectivity index is 1.48. The van der Waals surface area contributed by atoms with Crippen molar-refractivity contribution in [2.75, 3.05) is 12.0 Å². The summed E-state index contributed by atoms with van der Waals surface area (Å²) in [5.41, 5.74) is -0.115. The molecule has 3 aromatic rings. The predicted octanol–water partition coefficient (Wildman–Crippen LogP) is 6.01. The van der Waals surface area contributed by atoms with Gasteiger partial charge in [-0.25, -0.2) is 4.39 Å². The van der Waals surface area contributed by atoms with Crippen molar-refractivity contribution in [2.45, 2.75) is 33.1 Å². The van der Waals surface area contributed by atoms with Crippen LogP contribution in [0, 0.1) is 11.7 Å². The van der Waals surface area contributed by atoms with Crippen molar-refractivity contribution < 1.29 is 36.7 Å². The van der Waals surface area contributed by atoms with E-state index in [0.717, 1.165) is 17.0 Å². The van der Waals surface area contributed by atoms with Crippen molar-refractivity contribution in [3.63, 3.8) is 0 Å². The maximum absolute atomic E-state index is 14.4. The SMILES string of the molecule is CC(C)C(=O)NCc1ccc(Cl)c(C(=O)Nc2ccc3c(c2)C(=O)N(Cc2ccc(C(F)(F)F)cc2F)CO3)c1. The number of hydrogen-bond donors (Lipinski definition) is 2. The van der Waals surface area contributed by atoms with Gasteiger partial charge in [-0.3, -0.25) is 14.4 Å². The third-order valence-corrected chi connectivity index (χ3v) is 6.47. The molecule has 0 unspecified atom stereocenters. The van der Waals surface area contributed by atoms with Crippen LogP contribution in [-0.4, -0.2) is 29.4 Å². The largest absolute Gasteiger partial charge is 0.472 e. The molecule has 1 heterocycles. The molecular formula is C28H24ClF4N3O4. The molecule has 0 aliphatic carbocycles. The number of carbonyl (C=O) groups is 3. The maximum Gasteiger partial charge on any atom is 0.416 e. The summed E-state index contributed by atoms with van der Waals surface area (Å²) in [6.45, 7) is 3.16. The number of benzene rings is 3. The van der Waals surface area contributed by atoms with E-state index in [1.54, 1.807) is 26.0 Å². The zero-order chi connectivity index (χ0) is 29.2. The van der Waals surface area contributed by atoms with Crippen LogP contribution in [-0.2, 0) is 24.1 Å². The van der Waals surface area contributed by atoms with E-state index in [0.29, 0.717) is 11.6 Å². The zero-order valence-electron chi connectivity index (χ0n) is 21.4. The highest BCUT2D eigenvalue weighted by molar-refractivity contribution is 6.34. The molecule has 210 valence electrons. The number of nitrogens with zero attached hydrogens (tertiary/aromatic N) is 1. The van der Waals surface area contributed by atoms with Crippen LogP contribution >= 0.6 is 11.6 Å². The third kappa shape index (κ3) is 6.53. The molecule has 0 aromatic heterocycles. The molecule has 0 saturated heterocycles. The quantitative estimate of drug-likeness (QED) is 0.337. The Kier molecular flexibility index (Phi) is 8.34. The minimum Gasteiger partial charge on any atom is -0.472 e. The van der Waals surface area contributed by atoms with Gasteiger partial charge in [0.05, 0.1) is 28.3 Å². The van der Waals surface area contributed by atoms with Crippen LogP contribution in [0.15, 0.2) is 54.6 Å². The van der Waals surface area contributed by atoms with Gasteiger partial charge in [-0.1, -0.05) is 37.6 Å². The standard InChI is InChI=1S/C28H24ClF4N3O4/c1-15(2)25(37)34-12-16-3-7-22(29)20(9-16)26(38)35-19-6-8-24-21(11-19)27(39)36(14-40-24)13-17-4-5-18(10-23(17)30)28(31,32)33/h3-11,15H,12-14H2,1-2H3,(H,34,37)(H,35,38). The van der Waals surface area contributed by atoms with E-state index in [1.807, 2.05) is 0 Å². The minimum atomic E-state index is -4.70. The maximum atomic E-state index is 14.4. The third-order valence-electron chi connectivity index (χ3n) is 6.14. The van der Waals surface area contributed by atoms with Crippen LogP contribution in [0.3, 0.4) is 0 Å². The molecule has 0 fully saturated rings. The van der Waals surface area contributed by atoms with Gasteiger partial charge in [-0.05, 0) is 48.0 Å². The summed E-state index contributed by atoms with van der Waals surface area (Å²) in [6, 6.07) is 11.3. The van der Waals surface area contributed by atoms with Crippen LogP contribution in [0.1, 0.15) is 51.3 Å². The number of hydrogen-bond acceptors (Lipinski definition) is 4. The fraction of sp³-hybridized carbons (Fsp3) is 0.250. The first kappa shape index (κ1) is 28.9. The second-order valence-corrected chi connectivity index (χ2v) is 9.84. The highest BCUT2D eigenvalue weighted by Gasteiger charge is 2.32. The molecule has 0 radical (unpaired) electrons. The molecule has 4 rings (SSSR count). The number of ether oxygens (including phenoxy) is 1. The summed E-state index contributed by atoms with van der Waals surface area (Å²) in [7, 11) is 0. The van der Waals surface area contributed by atoms with Gasteiger partial charge in [0.1, 0.15) is 11.6 Å². The summed E-state index contributed by atoms with van der Waals surface area (Å²) in [5.74, 6) is -2.33. The Labute approximate surface area is 232 Å². The number of amides is 3. The number of anilines is 1. The lowest BCUT2D eigenvalue weighted by Crippen LogP contribution is -2.38. The van der Waals surface area contributed by atoms with Crippen LogP contribution in [0.5, 0.6) is 5.75 Å². The number of alkyl halides is 3. The zero-order valence-corrected chi connectivity index (χ0v) is 22.1. The Hall–Kier alpha value is -4.12. The lowest BCUT2D eigenvalue weighted by molar-refractivity contribution is -0.137. The van der Waals surface area contributed by atoms with E-state index in [2.05, 4.69) is 10.6 Å². The fourth-order valence-electron chi connectivity index (χ4n) is 3.90. The number of rotatable bonds is 7. The van der Waals surface area contributed by atoms with Gasteiger partial charge in [-0.2, -0.15) is 13.2 Å². The highest BCUT2D eigenvalue weighted by Crippen LogP contribution is 2.32. The molecular weight excluding hydrogens is 554 g/mol. The molecule has 0 atom stereocenters. The summed E-state index contributed by atoms with van der Waals surface area (Å²) in [4.78, 5) is 39.1. The van der Waals surface area contributed by atoms with E-state index in [-0.39, 0.29) is 64.8 Å². The Morgan fingerprint density at radius 1 is 1.07 bits per heavy atom. The normalized spacial score (nSPS) is 13.1. The van der Waals surface area contributed by atoms with E-state index in [4.69, 9.17) is 16.3 Å². The summed E-state index contributed by atoms with van der Waals surface area (Å²) in [5, 5.41) is 5.61. The average Bonchev–Trinajstić information content (AvgIpc) is 2.90. The molecule has 3 aromatic carbocycles. The van der Waals surface area contributed by atoms with Gasteiger partial charge in [0.15, 0.2) is 6.73 Å². The second kappa shape index (κ2) is 11.5. The van der Waals surface area contributed by atoms with Gasteiger partial charge < -0.3 is 20.3 Å². The van der Waals surface area contributed by atoms with Crippen molar-refractivity contribution in [2.24, 2.45) is 5.92 Å². The summed E-state index contributed by atoms with van der Waals surface area (Å²) < 4.78 is 58.5. The van der Waals surface area contributed by atoms with Crippen LogP contribution in [0.2, 0.25) is 5.02 Å². The number of halogens is 5. The molecule has 0 saturated carbocycles. The lowest BCUT2D eigenvalue weighted by Gasteiger charge is -2.29. The molecule has 40 heavy (non-hydrogen) atoms. The van der Waals surface area contributed by atoms with Crippen molar-refractivity contribution in [3.05, 3.63) is 93.3 Å². The lowest BCUT2D eigenvalue weighted by atomic mass is 10.1. The monoisotopic (exact) mass is 577 g/mol. The Bertz CT molecular complexity index is 1480. The van der Waals surface area contributed by atoms with Crippen LogP contribution < -0.4 is 15.4 Å². The average molecular weight is 578 g/mol. The smallest absolute Gasteiger partial charge is 0.416 e. The molecule has 1 aliphatic heterocycles. The molecule has 3 amide bonds. The van der Waals surface area contributed by atoms with E-state index < -0.39 is 29.4 Å². The molecule has 0 bridgehead atoms. The fourth-order valence-corrected chi connectivity index (χ4v) is 4.10. The number of nitrogens with one attached hydrogen (secondary N) is 2. The van der Waals surface area contributed by atoms with E-state index in [9.17, 15) is 31.9 Å². The Morgan fingerprint density at radius 2 is 1.82 bits per heavy atom. The van der Waals surface area contributed by atoms with Gasteiger partial charge in [0.25, 0.3) is 11.8 Å². The van der Waals surface area contributed by atoms with Crippen molar-refractivity contribution in [1.29, 1.82) is 0 Å². The summed E-state index contributed by atoms with van der Waals surface area (Å²) >= 11 is 6.23. The van der Waals surface area contributed by atoms with Crippen molar-refractivity contribution >= 4 is 35.0 Å².